The molecule has 0 saturated heterocycles. The number of rotatable bonds is 9. The second-order valence-electron chi connectivity index (χ2n) is 13.5. The lowest BCUT2D eigenvalue weighted by atomic mass is 9.72. The average molecular weight is 740 g/mol. The van der Waals surface area contributed by atoms with Crippen molar-refractivity contribution in [2.24, 2.45) is 4.99 Å². The van der Waals surface area contributed by atoms with Crippen LogP contribution in [0.15, 0.2) is 133 Å². The van der Waals surface area contributed by atoms with E-state index in [1.165, 1.54) is 12.1 Å². The van der Waals surface area contributed by atoms with Crippen molar-refractivity contribution in [3.63, 3.8) is 0 Å². The number of allylic oxidation sites excluding steroid dienone is 1. The van der Waals surface area contributed by atoms with E-state index in [-0.39, 0.29) is 5.91 Å². The topological polar surface area (TPSA) is 53.5 Å². The lowest BCUT2D eigenvalue weighted by Crippen LogP contribution is -2.39. The number of unbranched alkanes of at least 4 members (excludes halogenated alkanes) is 1. The van der Waals surface area contributed by atoms with Gasteiger partial charge in [0.15, 0.2) is 0 Å². The smallest absolute Gasteiger partial charge is 0.379 e. The van der Waals surface area contributed by atoms with Crippen molar-refractivity contribution in [1.82, 2.24) is 5.32 Å². The largest absolute Gasteiger partial charge is 0.416 e. The van der Waals surface area contributed by atoms with Gasteiger partial charge < -0.3 is 10.6 Å². The van der Waals surface area contributed by atoms with Crippen LogP contribution in [0.1, 0.15) is 65.7 Å². The standard InChI is InChI=1S/C23H17F3N2O.C21H22F3N/c1-14-12-16-8-11-18(13-21(16)27-14)28-22(29)20-5-3-2-4-19(20)15-6-9-17(10-7-15)23(24,25)26;1-3-4-13-20(15(2)25-14-21(22,23)24)18-11-7-5-9-16(18)17-10-6-8-12-19(17)20/h2-11,13H,12H2,1H3,(H,28,29);5-12,25H,2-4,13-14H2,1H3. The van der Waals surface area contributed by atoms with Gasteiger partial charge in [-0.25, -0.2) is 0 Å². The summed E-state index contributed by atoms with van der Waals surface area (Å²) in [5.74, 6) is -0.334. The highest BCUT2D eigenvalue weighted by molar-refractivity contribution is 6.09. The predicted octanol–water partition coefficient (Wildman–Crippen LogP) is 12.1. The van der Waals surface area contributed by atoms with E-state index in [9.17, 15) is 31.1 Å². The van der Waals surface area contributed by atoms with Crippen LogP contribution in [0.2, 0.25) is 0 Å². The zero-order valence-corrected chi connectivity index (χ0v) is 29.8. The number of carbonyl (C=O) groups excluding carboxylic acids is 1. The molecule has 10 heteroatoms. The van der Waals surface area contributed by atoms with E-state index in [2.05, 4.69) is 29.1 Å². The molecule has 7 rings (SSSR count). The van der Waals surface area contributed by atoms with E-state index >= 15 is 0 Å². The maximum atomic E-state index is 12.9. The zero-order valence-electron chi connectivity index (χ0n) is 29.8. The number of anilines is 1. The second kappa shape index (κ2) is 15.4. The van der Waals surface area contributed by atoms with Crippen LogP contribution in [0.4, 0.5) is 37.7 Å². The van der Waals surface area contributed by atoms with Gasteiger partial charge in [-0.2, -0.15) is 26.3 Å². The summed E-state index contributed by atoms with van der Waals surface area (Å²) in [7, 11) is 0. The van der Waals surface area contributed by atoms with E-state index in [1.54, 1.807) is 24.3 Å². The van der Waals surface area contributed by atoms with Gasteiger partial charge in [0.25, 0.3) is 5.91 Å². The van der Waals surface area contributed by atoms with Crippen LogP contribution in [0.5, 0.6) is 0 Å². The number of nitrogens with zero attached hydrogens (tertiary/aromatic N) is 1. The van der Waals surface area contributed by atoms with E-state index in [4.69, 9.17) is 0 Å². The van der Waals surface area contributed by atoms with Crippen LogP contribution >= 0.6 is 0 Å². The maximum absolute atomic E-state index is 12.9. The Hall–Kier alpha value is -5.64. The number of halogens is 6. The summed E-state index contributed by atoms with van der Waals surface area (Å²) in [6.45, 7) is 7.03. The molecule has 1 aliphatic heterocycles. The van der Waals surface area contributed by atoms with Crippen LogP contribution in [-0.4, -0.2) is 24.3 Å². The van der Waals surface area contributed by atoms with Gasteiger partial charge in [-0.1, -0.05) is 111 Å². The van der Waals surface area contributed by atoms with Gasteiger partial charge in [-0.3, -0.25) is 9.79 Å². The number of aliphatic imine (C=N–C) groups is 1. The molecule has 0 radical (unpaired) electrons. The fourth-order valence-corrected chi connectivity index (χ4v) is 7.26. The normalized spacial score (nSPS) is 13.8. The fraction of sp³-hybridized carbons (Fsp3) is 0.227. The Kier molecular flexibility index (Phi) is 10.8. The molecular weight excluding hydrogens is 700 g/mol. The Bertz CT molecular complexity index is 2160. The molecule has 1 amide bonds. The van der Waals surface area contributed by atoms with E-state index in [0.717, 1.165) is 77.0 Å². The number of amides is 1. The van der Waals surface area contributed by atoms with Crippen molar-refractivity contribution >= 4 is 23.0 Å². The number of alkyl halides is 6. The fourth-order valence-electron chi connectivity index (χ4n) is 7.26. The molecule has 54 heavy (non-hydrogen) atoms. The Morgan fingerprint density at radius 3 is 1.98 bits per heavy atom. The molecule has 5 aromatic carbocycles. The Balaban J connectivity index is 0.000000186. The first-order chi connectivity index (χ1) is 25.7. The molecule has 2 N–H and O–H groups in total. The van der Waals surface area contributed by atoms with Crippen LogP contribution in [0, 0.1) is 0 Å². The van der Waals surface area contributed by atoms with Crippen LogP contribution in [0.3, 0.4) is 0 Å². The summed E-state index contributed by atoms with van der Waals surface area (Å²) in [5, 5.41) is 5.44. The third kappa shape index (κ3) is 7.98. The molecule has 0 aromatic heterocycles. The highest BCUT2D eigenvalue weighted by atomic mass is 19.4. The van der Waals surface area contributed by atoms with Crippen molar-refractivity contribution < 1.29 is 31.1 Å². The van der Waals surface area contributed by atoms with Gasteiger partial charge in [-0.05, 0) is 82.6 Å². The first-order valence-electron chi connectivity index (χ1n) is 17.7. The molecule has 0 spiro atoms. The number of carbonyl (C=O) groups is 1. The van der Waals surface area contributed by atoms with Crippen LogP contribution < -0.4 is 10.6 Å². The minimum absolute atomic E-state index is 0.334. The van der Waals surface area contributed by atoms with Gasteiger partial charge in [0, 0.05) is 29.1 Å². The maximum Gasteiger partial charge on any atom is 0.416 e. The molecular formula is C44H39F6N3O. The Labute approximate surface area is 310 Å². The second-order valence-corrected chi connectivity index (χ2v) is 13.5. The van der Waals surface area contributed by atoms with E-state index in [0.29, 0.717) is 28.1 Å². The molecule has 0 saturated carbocycles. The molecule has 0 fully saturated rings. The summed E-state index contributed by atoms with van der Waals surface area (Å²) >= 11 is 0. The quantitative estimate of drug-likeness (QED) is 0.148. The van der Waals surface area contributed by atoms with E-state index in [1.807, 2.05) is 73.7 Å². The Morgan fingerprint density at radius 2 is 1.39 bits per heavy atom. The van der Waals surface area contributed by atoms with Gasteiger partial charge in [0.05, 0.1) is 16.7 Å². The zero-order chi connectivity index (χ0) is 38.7. The first kappa shape index (κ1) is 38.1. The molecule has 2 aliphatic rings. The summed E-state index contributed by atoms with van der Waals surface area (Å²) in [4.78, 5) is 17.3. The molecule has 1 heterocycles. The molecule has 5 aromatic rings. The SMILES string of the molecule is C=C(NCC(F)(F)F)C1(CCCC)c2ccccc2-c2ccccc21.CC1=Nc2cc(NC(=O)c3ccccc3-c3ccc(C(F)(F)F)cc3)ccc2C1. The minimum Gasteiger partial charge on any atom is -0.379 e. The van der Waals surface area contributed by atoms with Crippen LogP contribution in [-0.2, 0) is 18.0 Å². The summed E-state index contributed by atoms with van der Waals surface area (Å²) in [6, 6.07) is 33.2. The highest BCUT2D eigenvalue weighted by Gasteiger charge is 2.45. The lowest BCUT2D eigenvalue weighted by Gasteiger charge is -2.35. The number of hydrogen-bond donors (Lipinski definition) is 2. The van der Waals surface area contributed by atoms with Gasteiger partial charge in [0.1, 0.15) is 6.54 Å². The number of nitrogens with one attached hydrogen (secondary N) is 2. The molecule has 1 aliphatic carbocycles. The van der Waals surface area contributed by atoms with Gasteiger partial charge >= 0.3 is 12.4 Å². The average Bonchev–Trinajstić information content (AvgIpc) is 3.67. The summed E-state index contributed by atoms with van der Waals surface area (Å²) in [5.41, 5.74) is 8.44. The number of fused-ring (bicyclic) bond motifs is 4. The van der Waals surface area contributed by atoms with Crippen molar-refractivity contribution in [2.75, 3.05) is 11.9 Å². The predicted molar refractivity (Wildman–Crippen MR) is 203 cm³/mol. The summed E-state index contributed by atoms with van der Waals surface area (Å²) < 4.78 is 76.8. The number of benzene rings is 5. The third-order valence-electron chi connectivity index (χ3n) is 9.78. The highest BCUT2D eigenvalue weighted by Crippen LogP contribution is 2.54. The van der Waals surface area contributed by atoms with Crippen molar-refractivity contribution in [3.8, 4) is 22.3 Å². The molecule has 0 bridgehead atoms. The third-order valence-corrected chi connectivity index (χ3v) is 9.78. The van der Waals surface area contributed by atoms with Crippen molar-refractivity contribution in [2.45, 2.75) is 57.3 Å². The first-order valence-corrected chi connectivity index (χ1v) is 17.7. The monoisotopic (exact) mass is 739 g/mol. The number of hydrogen-bond acceptors (Lipinski definition) is 3. The minimum atomic E-state index is -4.40. The molecule has 0 atom stereocenters. The van der Waals surface area contributed by atoms with Crippen LogP contribution in [0.25, 0.3) is 22.3 Å². The van der Waals surface area contributed by atoms with Crippen molar-refractivity contribution in [1.29, 1.82) is 0 Å². The van der Waals surface area contributed by atoms with Gasteiger partial charge in [-0.15, -0.1) is 0 Å². The van der Waals surface area contributed by atoms with E-state index < -0.39 is 29.9 Å². The molecule has 0 unspecified atom stereocenters. The molecule has 4 nitrogen and oxygen atoms in total. The molecule has 278 valence electrons. The van der Waals surface area contributed by atoms with Crippen molar-refractivity contribution in [3.05, 3.63) is 155 Å². The summed E-state index contributed by atoms with van der Waals surface area (Å²) in [6.07, 6.45) is -5.24. The lowest BCUT2D eigenvalue weighted by molar-refractivity contribution is -0.137. The Morgan fingerprint density at radius 1 is 0.796 bits per heavy atom. The van der Waals surface area contributed by atoms with Gasteiger partial charge in [0.2, 0.25) is 0 Å².